The van der Waals surface area contributed by atoms with E-state index in [0.29, 0.717) is 11.4 Å². The fraction of sp³-hybridized carbons (Fsp3) is 0. The summed E-state index contributed by atoms with van der Waals surface area (Å²) in [6.45, 7) is 0. The van der Waals surface area contributed by atoms with Gasteiger partial charge in [-0.15, -0.1) is 0 Å². The summed E-state index contributed by atoms with van der Waals surface area (Å²) in [4.78, 5) is 42.2. The predicted molar refractivity (Wildman–Crippen MR) is 578 cm³/mol. The van der Waals surface area contributed by atoms with Gasteiger partial charge in [0.25, 0.3) is 0 Å². The molecule has 0 N–H and O–H groups in total. The van der Waals surface area contributed by atoms with E-state index in [1.807, 2.05) is 204 Å². The Labute approximate surface area is 805 Å². The van der Waals surface area contributed by atoms with Crippen molar-refractivity contribution in [1.82, 2.24) is 29.9 Å². The molecule has 3 heterocycles. The van der Waals surface area contributed by atoms with Crippen LogP contribution in [0.2, 0.25) is 0 Å². The Morgan fingerprint density at radius 3 is 0.714 bits per heavy atom. The van der Waals surface area contributed by atoms with Crippen molar-refractivity contribution in [2.75, 3.05) is 29.4 Å². The molecule has 0 amide bonds. The summed E-state index contributed by atoms with van der Waals surface area (Å²) in [7, 11) is 0. The Bertz CT molecular complexity index is 9230. The molecule has 3 aromatic heterocycles. The molecule has 12 nitrogen and oxygen atoms in total. The van der Waals surface area contributed by atoms with Gasteiger partial charge in [-0.1, -0.05) is 297 Å². The topological polar surface area (TPSA) is 96.8 Å². The number of fused-ring (bicyclic) bond motifs is 3. The molecule has 0 bridgehead atoms. The highest BCUT2D eigenvalue weighted by Crippen LogP contribution is 2.54. The second-order valence-corrected chi connectivity index (χ2v) is 34.7. The highest BCUT2D eigenvalue weighted by molar-refractivity contribution is 6.31. The molecule has 27 rings (SSSR count). The maximum Gasteiger partial charge on any atom is 0.156 e. The van der Waals surface area contributed by atoms with Crippen molar-refractivity contribution in [2.45, 2.75) is 0 Å². The molecule has 0 fully saturated rings. The molecular formula is C126H82F2N12. The van der Waals surface area contributed by atoms with E-state index in [0.717, 1.165) is 194 Å². The Hall–Kier alpha value is -18.9. The van der Waals surface area contributed by atoms with Gasteiger partial charge in [-0.3, -0.25) is 24.7 Å². The lowest BCUT2D eigenvalue weighted by molar-refractivity contribution is 0.628. The first-order chi connectivity index (χ1) is 69.3. The molecule has 0 aliphatic rings. The predicted octanol–water partition coefficient (Wildman–Crippen LogP) is 34.7. The number of benzene rings is 24. The lowest BCUT2D eigenvalue weighted by atomic mass is 9.91. The number of halogens is 2. The van der Waals surface area contributed by atoms with Crippen LogP contribution in [0, 0.1) is 11.6 Å². The zero-order valence-corrected chi connectivity index (χ0v) is 75.5. The van der Waals surface area contributed by atoms with E-state index in [-0.39, 0.29) is 11.6 Å². The molecule has 0 atom stereocenters. The maximum atomic E-state index is 15.5. The van der Waals surface area contributed by atoms with Crippen LogP contribution in [0.25, 0.3) is 130 Å². The molecule has 140 heavy (non-hydrogen) atoms. The summed E-state index contributed by atoms with van der Waals surface area (Å²) in [5.74, 6) is 1.77. The molecule has 14 heteroatoms. The third-order valence-electron chi connectivity index (χ3n) is 26.7. The van der Waals surface area contributed by atoms with Gasteiger partial charge in [0.1, 0.15) is 23.8 Å². The van der Waals surface area contributed by atoms with Crippen LogP contribution in [0.1, 0.15) is 0 Å². The van der Waals surface area contributed by atoms with E-state index in [1.165, 1.54) is 39.1 Å². The molecule has 24 aromatic carbocycles. The van der Waals surface area contributed by atoms with Gasteiger partial charge in [0, 0.05) is 77.5 Å². The van der Waals surface area contributed by atoms with Crippen LogP contribution in [-0.2, 0) is 0 Å². The Morgan fingerprint density at radius 1 is 0.157 bits per heavy atom. The average Bonchev–Trinajstić information content (AvgIpc) is 0.771. The smallest absolute Gasteiger partial charge is 0.156 e. The second-order valence-electron chi connectivity index (χ2n) is 34.7. The third-order valence-corrected chi connectivity index (χ3v) is 26.7. The molecular weight excluding hydrogens is 1720 g/mol. The van der Waals surface area contributed by atoms with Gasteiger partial charge in [-0.05, 0) is 247 Å². The van der Waals surface area contributed by atoms with E-state index in [1.54, 1.807) is 18.5 Å². The van der Waals surface area contributed by atoms with Gasteiger partial charge >= 0.3 is 0 Å². The third kappa shape index (κ3) is 14.7. The largest absolute Gasteiger partial charge is 0.310 e. The number of nitrogens with zero attached hydrogens (tertiary/aromatic N) is 12. The minimum Gasteiger partial charge on any atom is -0.310 e. The van der Waals surface area contributed by atoms with Crippen molar-refractivity contribution < 1.29 is 8.78 Å². The van der Waals surface area contributed by atoms with Gasteiger partial charge in [0.2, 0.25) is 0 Å². The van der Waals surface area contributed by atoms with Crippen LogP contribution in [0.4, 0.5) is 112 Å². The normalized spacial score (nSPS) is 11.5. The minimum absolute atomic E-state index is 0.278. The molecule has 27 aromatic rings. The first-order valence-electron chi connectivity index (χ1n) is 46.7. The molecule has 0 aliphatic heterocycles. The molecule has 0 unspecified atom stereocenters. The Kier molecular flexibility index (Phi) is 21.0. The zero-order valence-electron chi connectivity index (χ0n) is 75.5. The fourth-order valence-corrected chi connectivity index (χ4v) is 20.5. The highest BCUT2D eigenvalue weighted by Gasteiger charge is 2.30. The number of anilines is 18. The SMILES string of the molecule is Fc1ccccc1N(c1ccccc1)c1ccc2ccc3c(N(c4ccccc4)c4cnc5ccccc5n4)ccc4ccc1c2c43.Fc1ccccc1N(c1ccccc1)c1ccc2ccc3c(N(c4ccccc4)c4ncnc5ccccc45)ccc4ccc1c2c43.c1ccc(N(c2ccccc2)c2ccc3ccc4c(N(c5ccccc5)c5cnc6ccccc6n5)ccc5ccc2c3c54)cc1. The Morgan fingerprint density at radius 2 is 0.393 bits per heavy atom. The first kappa shape index (κ1) is 82.9. The van der Waals surface area contributed by atoms with E-state index in [2.05, 4.69) is 298 Å². The van der Waals surface area contributed by atoms with Crippen LogP contribution in [0.15, 0.2) is 498 Å². The van der Waals surface area contributed by atoms with Crippen molar-refractivity contribution in [3.8, 4) is 0 Å². The van der Waals surface area contributed by atoms with Crippen LogP contribution < -0.4 is 29.4 Å². The standard InChI is InChI=1S/2C42H27FN4.C42H28N4/c43-34-15-7-10-18-39(34)46(30-11-3-1-4-12-30)37-25-21-28-20-24-33-38(26-22-29-19-23-32(37)41(28)42(29)33)47(31-13-5-2-6-14-31)40-27-44-35-16-8-9-17-36(35)45-40;43-35-16-8-10-18-39(35)46(30-11-3-1-4-12-30)37-25-21-28-20-24-34-38(26-22-29-19-23-33(37)40(28)41(29)34)47(31-13-5-2-6-14-31)42-32-15-7-9-17-36(32)44-27-45-42;1-4-12-31(13-5-1)45(32-14-6-2-7-15-32)38-26-22-29-21-25-35-39(27-23-30-20-24-34(38)41(29)42(30)35)46(33-16-8-3-9-17-33)40-28-43-36-18-10-11-19-37(36)44-40/h2*1-27H;1-28H. The number of para-hydroxylation sites is 14. The van der Waals surface area contributed by atoms with E-state index in [9.17, 15) is 0 Å². The lowest BCUT2D eigenvalue weighted by Gasteiger charge is -2.29. The first-order valence-corrected chi connectivity index (χ1v) is 46.7. The number of hydrogen-bond donors (Lipinski definition) is 0. The molecule has 660 valence electrons. The van der Waals surface area contributed by atoms with Crippen molar-refractivity contribution in [3.05, 3.63) is 510 Å². The number of hydrogen-bond acceptors (Lipinski definition) is 12. The van der Waals surface area contributed by atoms with E-state index in [4.69, 9.17) is 24.9 Å². The summed E-state index contributed by atoms with van der Waals surface area (Å²) in [5, 5.41) is 21.6. The van der Waals surface area contributed by atoms with Crippen LogP contribution in [-0.4, -0.2) is 29.9 Å². The van der Waals surface area contributed by atoms with Crippen molar-refractivity contribution >= 4 is 233 Å². The van der Waals surface area contributed by atoms with Gasteiger partial charge < -0.3 is 14.7 Å². The van der Waals surface area contributed by atoms with Gasteiger partial charge in [-0.2, -0.15) is 0 Å². The number of rotatable bonds is 18. The average molecular weight is 1800 g/mol. The zero-order chi connectivity index (χ0) is 93.1. The van der Waals surface area contributed by atoms with Crippen LogP contribution in [0.3, 0.4) is 0 Å². The lowest BCUT2D eigenvalue weighted by Crippen LogP contribution is -2.13. The van der Waals surface area contributed by atoms with Crippen LogP contribution >= 0.6 is 0 Å². The number of aromatic nitrogens is 6. The van der Waals surface area contributed by atoms with Crippen molar-refractivity contribution in [3.63, 3.8) is 0 Å². The van der Waals surface area contributed by atoms with Gasteiger partial charge in [0.05, 0.1) is 85.5 Å². The maximum absolute atomic E-state index is 15.5. The molecule has 0 saturated heterocycles. The second kappa shape index (κ2) is 35.5. The molecule has 0 saturated carbocycles. The van der Waals surface area contributed by atoms with Crippen molar-refractivity contribution in [1.29, 1.82) is 0 Å². The van der Waals surface area contributed by atoms with E-state index >= 15 is 8.78 Å². The quantitative estimate of drug-likeness (QED) is 0.0766. The van der Waals surface area contributed by atoms with Crippen LogP contribution in [0.5, 0.6) is 0 Å². The summed E-state index contributed by atoms with van der Waals surface area (Å²) in [6.07, 6.45) is 5.36. The summed E-state index contributed by atoms with van der Waals surface area (Å²) < 4.78 is 31.0. The summed E-state index contributed by atoms with van der Waals surface area (Å²) in [6, 6.07) is 163. The fourth-order valence-electron chi connectivity index (χ4n) is 20.5. The monoisotopic (exact) mass is 1800 g/mol. The minimum atomic E-state index is -0.278. The molecule has 0 aliphatic carbocycles. The summed E-state index contributed by atoms with van der Waals surface area (Å²) >= 11 is 0. The van der Waals surface area contributed by atoms with E-state index < -0.39 is 0 Å². The van der Waals surface area contributed by atoms with Gasteiger partial charge in [-0.25, -0.2) is 28.7 Å². The summed E-state index contributed by atoms with van der Waals surface area (Å²) in [5.41, 5.74) is 18.4. The molecule has 0 spiro atoms. The highest BCUT2D eigenvalue weighted by atomic mass is 19.1. The van der Waals surface area contributed by atoms with Gasteiger partial charge in [0.15, 0.2) is 11.6 Å². The molecule has 0 radical (unpaired) electrons. The van der Waals surface area contributed by atoms with Crippen molar-refractivity contribution in [2.24, 2.45) is 0 Å². The Balaban J connectivity index is 0.000000111.